The summed E-state index contributed by atoms with van der Waals surface area (Å²) in [7, 11) is 2.34. The molecule has 10 unspecified atom stereocenters. The van der Waals surface area contributed by atoms with Gasteiger partial charge in [-0.15, -0.1) is 0 Å². The van der Waals surface area contributed by atoms with E-state index >= 15 is 0 Å². The van der Waals surface area contributed by atoms with Crippen LogP contribution in [0.15, 0.2) is 0 Å². The molecule has 4 fully saturated rings. The number of carbonyl (C=O) groups excluding carboxylic acids is 3. The fraction of sp³-hybridized carbons (Fsp3) is 0.909. The molecule has 0 aliphatic carbocycles. The van der Waals surface area contributed by atoms with Crippen molar-refractivity contribution in [3.63, 3.8) is 0 Å². The lowest BCUT2D eigenvalue weighted by atomic mass is 9.94. The number of hydrogen-bond donors (Lipinski definition) is 9. The van der Waals surface area contributed by atoms with Crippen LogP contribution in [0.1, 0.15) is 19.3 Å². The van der Waals surface area contributed by atoms with Gasteiger partial charge in [0, 0.05) is 20.2 Å². The number of carbonyl (C=O) groups is 3. The van der Waals surface area contributed by atoms with E-state index in [1.54, 1.807) is 0 Å². The molecule has 4 rings (SSSR count). The van der Waals surface area contributed by atoms with Crippen molar-refractivity contribution < 1.29 is 128 Å². The first kappa shape index (κ1) is 49.3. The molecular formula is C33H51O26-3. The van der Waals surface area contributed by atoms with E-state index in [4.69, 9.17) is 52.1 Å². The summed E-state index contributed by atoms with van der Waals surface area (Å²) >= 11 is 0. The third kappa shape index (κ3) is 12.2. The average molecular weight is 864 g/mol. The van der Waals surface area contributed by atoms with Crippen LogP contribution in [0.25, 0.3) is 0 Å². The van der Waals surface area contributed by atoms with E-state index < -0.39 is 174 Å². The second-order valence-corrected chi connectivity index (χ2v) is 14.0. The highest BCUT2D eigenvalue weighted by Crippen LogP contribution is 2.36. The van der Waals surface area contributed by atoms with Crippen LogP contribution in [0.2, 0.25) is 0 Å². The minimum Gasteiger partial charge on any atom is -0.550 e. The highest BCUT2D eigenvalue weighted by atomic mass is 16.8. The minimum atomic E-state index is -2.12. The average Bonchev–Trinajstić information content (AvgIpc) is 3.19. The second-order valence-electron chi connectivity index (χ2n) is 14.0. The molecule has 4 aliphatic rings. The lowest BCUT2D eigenvalue weighted by Gasteiger charge is -2.50. The summed E-state index contributed by atoms with van der Waals surface area (Å²) < 4.78 is 60.5. The standard InChI is InChI=1S/C33H54O26/c1-49-25-11(4-3-5-15(36)37)53-31(22(46)18(25)42)57-26-12(6-34)54-32(23(47)20(26)44)58-27-13(7-35)55-33(29(24(27)48)52-10-17(40)41)59-28-14(8-51-9-16(38)39)56-30(50-2)21(45)19(28)43/h11-14,18-35,42-48H,3-10H2,1-2H3,(H,36,37)(H,38,39)(H,40,41)/p-3/t11?,12?,13?,14?,18-,19?,20?,21?,22?,23?,24+,25-,26-,27-,28-,29?,30-,31+,32+,33+/m1/s1. The Morgan fingerprint density at radius 1 is 0.508 bits per heavy atom. The first-order valence-corrected chi connectivity index (χ1v) is 18.4. The Labute approximate surface area is 335 Å². The molecule has 26 nitrogen and oxygen atoms in total. The van der Waals surface area contributed by atoms with Crippen molar-refractivity contribution in [1.82, 2.24) is 0 Å². The van der Waals surface area contributed by atoms with Gasteiger partial charge in [-0.2, -0.15) is 0 Å². The molecular weight excluding hydrogens is 812 g/mol. The number of carboxylic acid groups (broad SMARTS) is 3. The quantitative estimate of drug-likeness (QED) is 0.0517. The molecule has 0 radical (unpaired) electrons. The maximum Gasteiger partial charge on any atom is 0.187 e. The van der Waals surface area contributed by atoms with Gasteiger partial charge in [0.25, 0.3) is 0 Å². The molecule has 59 heavy (non-hydrogen) atoms. The van der Waals surface area contributed by atoms with E-state index in [0.29, 0.717) is 0 Å². The minimum absolute atomic E-state index is 0.00976. The van der Waals surface area contributed by atoms with Crippen molar-refractivity contribution in [2.45, 2.75) is 142 Å². The molecule has 4 saturated heterocycles. The molecule has 26 heteroatoms. The number of rotatable bonds is 21. The van der Waals surface area contributed by atoms with Gasteiger partial charge in [0.15, 0.2) is 25.2 Å². The number of methoxy groups -OCH3 is 2. The zero-order valence-corrected chi connectivity index (χ0v) is 31.7. The highest BCUT2D eigenvalue weighted by Gasteiger charge is 2.56. The van der Waals surface area contributed by atoms with Gasteiger partial charge in [-0.3, -0.25) is 0 Å². The molecule has 0 aromatic rings. The number of ether oxygens (including phenoxy) is 11. The topological polar surface area (TPSA) is 404 Å². The third-order valence-corrected chi connectivity index (χ3v) is 10.0. The largest absolute Gasteiger partial charge is 0.550 e. The van der Waals surface area contributed by atoms with Gasteiger partial charge in [0.2, 0.25) is 0 Å². The van der Waals surface area contributed by atoms with Crippen LogP contribution in [0, 0.1) is 0 Å². The van der Waals surface area contributed by atoms with Crippen LogP contribution in [0.5, 0.6) is 0 Å². The van der Waals surface area contributed by atoms with E-state index in [0.717, 1.165) is 7.11 Å². The number of hydrogen-bond acceptors (Lipinski definition) is 26. The molecule has 0 saturated carbocycles. The summed E-state index contributed by atoms with van der Waals surface area (Å²) in [5.41, 5.74) is 0. The van der Waals surface area contributed by atoms with Gasteiger partial charge in [0.1, 0.15) is 91.6 Å². The van der Waals surface area contributed by atoms with Crippen molar-refractivity contribution in [1.29, 1.82) is 0 Å². The molecule has 0 amide bonds. The Balaban J connectivity index is 1.51. The number of aliphatic hydroxyl groups is 9. The van der Waals surface area contributed by atoms with Crippen molar-refractivity contribution in [2.75, 3.05) is 47.3 Å². The molecule has 0 bridgehead atoms. The van der Waals surface area contributed by atoms with E-state index in [1.807, 2.05) is 0 Å². The Morgan fingerprint density at radius 3 is 1.47 bits per heavy atom. The van der Waals surface area contributed by atoms with Crippen LogP contribution in [0.3, 0.4) is 0 Å². The summed E-state index contributed by atoms with van der Waals surface area (Å²) in [4.78, 5) is 33.2. The second kappa shape index (κ2) is 22.6. The molecule has 0 aromatic carbocycles. The fourth-order valence-corrected chi connectivity index (χ4v) is 7.11. The summed E-state index contributed by atoms with van der Waals surface area (Å²) in [6.07, 6.45) is -35.0. The summed E-state index contributed by atoms with van der Waals surface area (Å²) in [5, 5.41) is 131. The van der Waals surface area contributed by atoms with Gasteiger partial charge < -0.3 is 128 Å². The van der Waals surface area contributed by atoms with Crippen LogP contribution < -0.4 is 15.3 Å². The smallest absolute Gasteiger partial charge is 0.187 e. The lowest BCUT2D eigenvalue weighted by molar-refractivity contribution is -0.391. The molecule has 0 aromatic heterocycles. The lowest BCUT2D eigenvalue weighted by Crippen LogP contribution is -2.68. The fourth-order valence-electron chi connectivity index (χ4n) is 7.11. The highest BCUT2D eigenvalue weighted by molar-refractivity contribution is 5.65. The zero-order chi connectivity index (χ0) is 43.7. The van der Waals surface area contributed by atoms with Gasteiger partial charge in [-0.1, -0.05) is 0 Å². The van der Waals surface area contributed by atoms with Gasteiger partial charge in [0.05, 0.1) is 51.1 Å². The Kier molecular flexibility index (Phi) is 18.9. The molecule has 9 N–H and O–H groups in total. The molecule has 0 spiro atoms. The van der Waals surface area contributed by atoms with E-state index in [2.05, 4.69) is 0 Å². The Bertz CT molecular complexity index is 1320. The predicted octanol–water partition coefficient (Wildman–Crippen LogP) is -11.0. The maximum atomic E-state index is 11.5. The zero-order valence-electron chi connectivity index (χ0n) is 31.7. The predicted molar refractivity (Wildman–Crippen MR) is 173 cm³/mol. The third-order valence-electron chi connectivity index (χ3n) is 10.0. The van der Waals surface area contributed by atoms with Crippen LogP contribution >= 0.6 is 0 Å². The van der Waals surface area contributed by atoms with Crippen LogP contribution in [-0.4, -0.2) is 234 Å². The van der Waals surface area contributed by atoms with Gasteiger partial charge in [-0.25, -0.2) is 0 Å². The maximum absolute atomic E-state index is 11.5. The number of aliphatic hydroxyl groups excluding tert-OH is 9. The Hall–Kier alpha value is -2.39. The molecule has 342 valence electrons. The van der Waals surface area contributed by atoms with E-state index in [9.17, 15) is 75.7 Å². The summed E-state index contributed by atoms with van der Waals surface area (Å²) in [6, 6.07) is 0. The Morgan fingerprint density at radius 2 is 0.966 bits per heavy atom. The van der Waals surface area contributed by atoms with Crippen LogP contribution in [-0.2, 0) is 66.5 Å². The van der Waals surface area contributed by atoms with Crippen LogP contribution in [0.4, 0.5) is 0 Å². The molecule has 4 heterocycles. The summed E-state index contributed by atoms with van der Waals surface area (Å²) in [5.74, 6) is -4.76. The van der Waals surface area contributed by atoms with Gasteiger partial charge >= 0.3 is 0 Å². The molecule has 4 aliphatic heterocycles. The SMILES string of the molecule is CO[C@@H]1OC(COCC(=O)[O-])[C@@H](O[C@@H]2OC(CO)[C@@H](O[C@@H]3OC(CO)[C@@H](O[C@@H]4OC(CCCC(=O)[O-])[C@@H](OC)[C@H](O)C4O)C(O)C3O)[C@H](O)C2OCC(=O)[O-])C(O)C1O. The first-order valence-electron chi connectivity index (χ1n) is 18.4. The van der Waals surface area contributed by atoms with E-state index in [1.165, 1.54) is 7.11 Å². The monoisotopic (exact) mass is 863 g/mol. The number of carboxylic acids is 3. The van der Waals surface area contributed by atoms with Gasteiger partial charge in [-0.05, 0) is 19.3 Å². The van der Waals surface area contributed by atoms with Crippen molar-refractivity contribution in [2.24, 2.45) is 0 Å². The molecule has 20 atom stereocenters. The number of aliphatic carboxylic acids is 3. The summed E-state index contributed by atoms with van der Waals surface area (Å²) in [6.45, 7) is -4.71. The normalized spacial score (nSPS) is 43.0. The van der Waals surface area contributed by atoms with E-state index in [-0.39, 0.29) is 19.3 Å². The van der Waals surface area contributed by atoms with Crippen molar-refractivity contribution in [3.05, 3.63) is 0 Å². The van der Waals surface area contributed by atoms with Crippen molar-refractivity contribution >= 4 is 17.9 Å². The van der Waals surface area contributed by atoms with Crippen molar-refractivity contribution in [3.8, 4) is 0 Å². The first-order chi connectivity index (χ1) is 28.0.